The van der Waals surface area contributed by atoms with Crippen LogP contribution in [0.2, 0.25) is 0 Å². The van der Waals surface area contributed by atoms with E-state index in [1.807, 2.05) is 12.1 Å². The van der Waals surface area contributed by atoms with Crippen LogP contribution in [0.25, 0.3) is 0 Å². The van der Waals surface area contributed by atoms with Crippen molar-refractivity contribution in [2.45, 2.75) is 95.0 Å². The van der Waals surface area contributed by atoms with Gasteiger partial charge in [-0.15, -0.1) is 0 Å². The number of nitrogens with zero attached hydrogens (tertiary/aromatic N) is 1. The molecule has 2 saturated carbocycles. The van der Waals surface area contributed by atoms with Crippen LogP contribution in [0.5, 0.6) is 5.75 Å². The van der Waals surface area contributed by atoms with E-state index < -0.39 is 0 Å². The summed E-state index contributed by atoms with van der Waals surface area (Å²) in [5.41, 5.74) is 1.77. The van der Waals surface area contributed by atoms with Crippen LogP contribution in [0.4, 0.5) is 0 Å². The number of pyridine rings is 1. The molecule has 1 aromatic rings. The molecule has 0 saturated heterocycles. The van der Waals surface area contributed by atoms with Crippen molar-refractivity contribution in [3.8, 4) is 5.75 Å². The van der Waals surface area contributed by atoms with Gasteiger partial charge < -0.3 is 35.5 Å². The number of ether oxygens (including phenoxy) is 3. The second-order valence-corrected chi connectivity index (χ2v) is 12.2. The van der Waals surface area contributed by atoms with Crippen LogP contribution in [-0.2, 0) is 40.5 Å². The molecule has 2 fully saturated rings. The number of hydrogen-bond acceptors (Lipinski definition) is 9. The molecule has 0 radical (unpaired) electrons. The second-order valence-electron chi connectivity index (χ2n) is 10.3. The van der Waals surface area contributed by atoms with Gasteiger partial charge in [-0.05, 0) is 37.8 Å². The Kier molecular flexibility index (Phi) is 16.6. The van der Waals surface area contributed by atoms with Gasteiger partial charge in [0, 0.05) is 57.5 Å². The average Bonchev–Trinajstić information content (AvgIpc) is 2.95. The molecule has 2 aliphatic carbocycles. The summed E-state index contributed by atoms with van der Waals surface area (Å²) in [5.74, 6) is 0.232. The van der Waals surface area contributed by atoms with Crippen molar-refractivity contribution < 1.29 is 32.1 Å². The molecule has 3 aliphatic rings. The third-order valence-electron chi connectivity index (χ3n) is 7.64. The Morgan fingerprint density at radius 3 is 2.03 bits per heavy atom. The number of aromatic nitrogens is 1. The SMILES string of the molecule is COCCOCCC(=O)Oc1ccc2nc1CN[C@@H]1CCCC[C@H]1NCCN[C@@H]1CCCC[C@H]1NC2.[Cl][Mn][Cl]. The first kappa shape index (κ1) is 33.0. The van der Waals surface area contributed by atoms with Crippen molar-refractivity contribution in [2.75, 3.05) is 40.0 Å². The Morgan fingerprint density at radius 1 is 0.872 bits per heavy atom. The fourth-order valence-corrected chi connectivity index (χ4v) is 5.64. The fourth-order valence-electron chi connectivity index (χ4n) is 5.64. The van der Waals surface area contributed by atoms with Gasteiger partial charge in [0.2, 0.25) is 0 Å². The number of nitrogens with one attached hydrogen (secondary N) is 4. The molecule has 0 spiro atoms. The van der Waals surface area contributed by atoms with Crippen LogP contribution < -0.4 is 26.0 Å². The standard InChI is InChI=1S/C27H45N5O4.2ClH.Mn/c1-34-16-17-35-15-12-27(33)36-26-11-10-20-18-30-23-8-4-2-6-21(23)28-13-14-29-22-7-3-5-9-24(22)31-19-25(26)32-20;;;/h10-11,21-24,28-31H,2-9,12-19H2,1H3;2*1H;/q;;;+2/p-2/t21-,22-,23-,24-;;;/m1.../s1. The van der Waals surface area contributed by atoms with Crippen molar-refractivity contribution >= 4 is 26.2 Å². The topological polar surface area (TPSA) is 106 Å². The Hall–Kier alpha value is -0.521. The molecule has 223 valence electrons. The Labute approximate surface area is 248 Å². The molecule has 4 N–H and O–H groups in total. The molecule has 0 amide bonds. The molecule has 2 heterocycles. The molecular formula is C27H45Cl2MnN5O4. The van der Waals surface area contributed by atoms with Crippen LogP contribution in [0, 0.1) is 0 Å². The number of hydrogen-bond donors (Lipinski definition) is 4. The maximum atomic E-state index is 12.5. The molecule has 2 bridgehead atoms. The van der Waals surface area contributed by atoms with Crippen molar-refractivity contribution in [3.63, 3.8) is 0 Å². The zero-order valence-corrected chi connectivity index (χ0v) is 25.7. The summed E-state index contributed by atoms with van der Waals surface area (Å²) < 4.78 is 16.1. The number of methoxy groups -OCH3 is 1. The average molecular weight is 630 g/mol. The summed E-state index contributed by atoms with van der Waals surface area (Å²) >= 11 is 0.00694. The molecule has 39 heavy (non-hydrogen) atoms. The van der Waals surface area contributed by atoms with Gasteiger partial charge in [-0.3, -0.25) is 9.78 Å². The number of esters is 1. The predicted molar refractivity (Wildman–Crippen MR) is 151 cm³/mol. The molecular weight excluding hydrogens is 584 g/mol. The minimum atomic E-state index is -0.305. The third kappa shape index (κ3) is 12.1. The number of carbonyl (C=O) groups is 1. The molecule has 4 atom stereocenters. The van der Waals surface area contributed by atoms with E-state index in [2.05, 4.69) is 21.3 Å². The van der Waals surface area contributed by atoms with E-state index in [1.165, 1.54) is 44.9 Å². The van der Waals surface area contributed by atoms with Gasteiger partial charge in [-0.1, -0.05) is 25.7 Å². The van der Waals surface area contributed by atoms with Crippen molar-refractivity contribution in [2.24, 2.45) is 0 Å². The predicted octanol–water partition coefficient (Wildman–Crippen LogP) is 3.41. The summed E-state index contributed by atoms with van der Waals surface area (Å²) in [6.45, 7) is 4.56. The summed E-state index contributed by atoms with van der Waals surface area (Å²) in [6.07, 6.45) is 9.99. The maximum absolute atomic E-state index is 12.5. The van der Waals surface area contributed by atoms with E-state index in [-0.39, 0.29) is 25.5 Å². The summed E-state index contributed by atoms with van der Waals surface area (Å²) in [5, 5.41) is 15.1. The van der Waals surface area contributed by atoms with Crippen LogP contribution in [0.15, 0.2) is 12.1 Å². The van der Waals surface area contributed by atoms with Gasteiger partial charge in [0.1, 0.15) is 0 Å². The zero-order chi connectivity index (χ0) is 27.7. The molecule has 1 aliphatic heterocycles. The molecule has 1 aromatic heterocycles. The second kappa shape index (κ2) is 19.6. The zero-order valence-electron chi connectivity index (χ0n) is 23.0. The van der Waals surface area contributed by atoms with Gasteiger partial charge in [0.15, 0.2) is 5.75 Å². The van der Waals surface area contributed by atoms with Gasteiger partial charge in [-0.25, -0.2) is 0 Å². The fraction of sp³-hybridized carbons (Fsp3) is 0.778. The number of rotatable bonds is 7. The first-order chi connectivity index (χ1) is 19.1. The first-order valence-electron chi connectivity index (χ1n) is 14.2. The van der Waals surface area contributed by atoms with Gasteiger partial charge in [0.05, 0.1) is 37.6 Å². The van der Waals surface area contributed by atoms with E-state index in [0.717, 1.165) is 30.9 Å². The Balaban J connectivity index is 0.00000134. The molecule has 0 aromatic carbocycles. The normalized spacial score (nSPS) is 26.0. The van der Waals surface area contributed by atoms with E-state index >= 15 is 0 Å². The van der Waals surface area contributed by atoms with E-state index in [1.54, 1.807) is 7.11 Å². The first-order valence-corrected chi connectivity index (χ1v) is 17.5. The summed E-state index contributed by atoms with van der Waals surface area (Å²) in [6, 6.07) is 5.65. The summed E-state index contributed by atoms with van der Waals surface area (Å²) in [7, 11) is 11.2. The van der Waals surface area contributed by atoms with Crippen molar-refractivity contribution in [1.29, 1.82) is 0 Å². The van der Waals surface area contributed by atoms with E-state index in [0.29, 0.717) is 62.8 Å². The third-order valence-corrected chi connectivity index (χ3v) is 7.64. The molecule has 0 unspecified atom stereocenters. The molecule has 12 heteroatoms. The van der Waals surface area contributed by atoms with Crippen LogP contribution in [0.1, 0.15) is 69.2 Å². The van der Waals surface area contributed by atoms with Gasteiger partial charge in [-0.2, -0.15) is 0 Å². The van der Waals surface area contributed by atoms with E-state index in [4.69, 9.17) is 39.4 Å². The van der Waals surface area contributed by atoms with Crippen LogP contribution >= 0.6 is 20.2 Å². The number of carbonyl (C=O) groups excluding carboxylic acids is 1. The van der Waals surface area contributed by atoms with Crippen LogP contribution in [-0.4, -0.2) is 75.1 Å². The van der Waals surface area contributed by atoms with Crippen molar-refractivity contribution in [1.82, 2.24) is 26.3 Å². The number of halogens is 2. The molecule has 9 nitrogen and oxygen atoms in total. The Morgan fingerprint density at radius 2 is 1.44 bits per heavy atom. The minimum absolute atomic E-state index is 0.00694. The Bertz CT molecular complexity index is 843. The summed E-state index contributed by atoms with van der Waals surface area (Å²) in [4.78, 5) is 17.4. The number of fused-ring (bicyclic) bond motifs is 4. The van der Waals surface area contributed by atoms with Crippen molar-refractivity contribution in [3.05, 3.63) is 23.5 Å². The molecule has 4 rings (SSSR count). The van der Waals surface area contributed by atoms with E-state index in [9.17, 15) is 4.79 Å². The monoisotopic (exact) mass is 628 g/mol. The van der Waals surface area contributed by atoms with Crippen LogP contribution in [0.3, 0.4) is 0 Å². The quantitative estimate of drug-likeness (QED) is 0.205. The van der Waals surface area contributed by atoms with Gasteiger partial charge in [0.25, 0.3) is 0 Å². The van der Waals surface area contributed by atoms with Gasteiger partial charge >= 0.3 is 39.3 Å².